The first kappa shape index (κ1) is 22.7. The number of nitrogens with one attached hydrogen (secondary N) is 1. The molecule has 0 unspecified atom stereocenters. The first-order valence-electron chi connectivity index (χ1n) is 10.6. The maximum atomic E-state index is 13.1. The lowest BCUT2D eigenvalue weighted by atomic mass is 9.95. The Morgan fingerprint density at radius 1 is 1.27 bits per heavy atom. The van der Waals surface area contributed by atoms with Gasteiger partial charge in [-0.25, -0.2) is 19.5 Å². The SMILES string of the molecule is CCOC(=O)c1c(N=C[C@@H]2C(=O)NC(=O)N(c3cccc(OC)c3)C2=O)sc2c1CCCC2. The molecule has 1 N–H and O–H groups in total. The van der Waals surface area contributed by atoms with Gasteiger partial charge in [-0.05, 0) is 50.3 Å². The van der Waals surface area contributed by atoms with Crippen LogP contribution >= 0.6 is 11.3 Å². The van der Waals surface area contributed by atoms with Crippen LogP contribution in [-0.2, 0) is 27.2 Å². The van der Waals surface area contributed by atoms with E-state index in [-0.39, 0.29) is 12.3 Å². The molecule has 9 nitrogen and oxygen atoms in total. The number of aliphatic imine (C=N–C) groups is 1. The second kappa shape index (κ2) is 9.53. The number of amides is 4. The number of imide groups is 2. The van der Waals surface area contributed by atoms with Gasteiger partial charge in [0.1, 0.15) is 10.8 Å². The fourth-order valence-electron chi connectivity index (χ4n) is 3.91. The lowest BCUT2D eigenvalue weighted by molar-refractivity contribution is -0.131. The molecule has 1 aromatic heterocycles. The summed E-state index contributed by atoms with van der Waals surface area (Å²) in [4.78, 5) is 56.9. The predicted octanol–water partition coefficient (Wildman–Crippen LogP) is 3.41. The molecule has 0 radical (unpaired) electrons. The normalized spacial score (nSPS) is 18.3. The maximum Gasteiger partial charge on any atom is 0.341 e. The highest BCUT2D eigenvalue weighted by Gasteiger charge is 2.40. The molecule has 4 rings (SSSR count). The number of thiophene rings is 1. The Kier molecular flexibility index (Phi) is 6.55. The second-order valence-corrected chi connectivity index (χ2v) is 8.62. The smallest absolute Gasteiger partial charge is 0.341 e. The van der Waals surface area contributed by atoms with Crippen LogP contribution in [0.15, 0.2) is 29.3 Å². The molecule has 4 amide bonds. The van der Waals surface area contributed by atoms with E-state index in [0.29, 0.717) is 16.3 Å². The van der Waals surface area contributed by atoms with E-state index in [0.717, 1.165) is 41.0 Å². The largest absolute Gasteiger partial charge is 0.497 e. The van der Waals surface area contributed by atoms with Crippen molar-refractivity contribution in [2.24, 2.45) is 10.9 Å². The van der Waals surface area contributed by atoms with Crippen molar-refractivity contribution in [1.29, 1.82) is 0 Å². The molecule has 1 aliphatic carbocycles. The number of carbonyl (C=O) groups is 4. The van der Waals surface area contributed by atoms with Gasteiger partial charge in [-0.3, -0.25) is 14.9 Å². The summed E-state index contributed by atoms with van der Waals surface area (Å²) in [5.41, 5.74) is 1.60. The number of fused-ring (bicyclic) bond motifs is 1. The van der Waals surface area contributed by atoms with Crippen LogP contribution in [0.25, 0.3) is 0 Å². The van der Waals surface area contributed by atoms with E-state index in [1.165, 1.54) is 30.7 Å². The molecular weight excluding hydrogens is 446 g/mol. The Hall–Kier alpha value is -3.53. The zero-order chi connectivity index (χ0) is 23.5. The lowest BCUT2D eigenvalue weighted by Gasteiger charge is -2.28. The number of carbonyl (C=O) groups excluding carboxylic acids is 4. The van der Waals surface area contributed by atoms with E-state index < -0.39 is 29.7 Å². The number of hydrogen-bond donors (Lipinski definition) is 1. The second-order valence-electron chi connectivity index (χ2n) is 7.54. The summed E-state index contributed by atoms with van der Waals surface area (Å²) in [6, 6.07) is 5.55. The molecule has 0 spiro atoms. The van der Waals surface area contributed by atoms with Crippen LogP contribution in [0, 0.1) is 5.92 Å². The molecule has 1 aromatic carbocycles. The number of barbiturate groups is 1. The number of hydrogen-bond acceptors (Lipinski definition) is 8. The quantitative estimate of drug-likeness (QED) is 0.394. The average Bonchev–Trinajstić information content (AvgIpc) is 3.17. The standard InChI is InChI=1S/C23H23N3O6S/c1-3-32-22(29)18-15-9-4-5-10-17(15)33-20(18)24-12-16-19(27)25-23(30)26(21(16)28)13-7-6-8-14(11-13)31-2/h6-8,11-12,16H,3-5,9-10H2,1-2H3,(H,25,27,30)/t16-/m1/s1. The van der Waals surface area contributed by atoms with Crippen molar-refractivity contribution in [3.63, 3.8) is 0 Å². The summed E-state index contributed by atoms with van der Waals surface area (Å²) >= 11 is 1.37. The third-order valence-electron chi connectivity index (χ3n) is 5.49. The van der Waals surface area contributed by atoms with Crippen molar-refractivity contribution in [2.45, 2.75) is 32.6 Å². The summed E-state index contributed by atoms with van der Waals surface area (Å²) in [5, 5.41) is 2.60. The van der Waals surface area contributed by atoms with Gasteiger partial charge >= 0.3 is 12.0 Å². The van der Waals surface area contributed by atoms with Crippen LogP contribution in [0.1, 0.15) is 40.6 Å². The Bertz CT molecular complexity index is 1160. The van der Waals surface area contributed by atoms with Crippen LogP contribution in [0.4, 0.5) is 15.5 Å². The molecule has 0 saturated carbocycles. The molecule has 172 valence electrons. The minimum absolute atomic E-state index is 0.230. The van der Waals surface area contributed by atoms with Gasteiger partial charge in [-0.1, -0.05) is 6.07 Å². The van der Waals surface area contributed by atoms with Crippen molar-refractivity contribution in [3.8, 4) is 5.75 Å². The molecule has 2 aromatic rings. The van der Waals surface area contributed by atoms with Crippen LogP contribution in [-0.4, -0.2) is 43.7 Å². The minimum atomic E-state index is -1.33. The third-order valence-corrected chi connectivity index (χ3v) is 6.69. The molecule has 2 aliphatic rings. The molecule has 1 atom stereocenters. The summed E-state index contributed by atoms with van der Waals surface area (Å²) in [7, 11) is 1.47. The van der Waals surface area contributed by atoms with Gasteiger partial charge in [-0.2, -0.15) is 0 Å². The third kappa shape index (κ3) is 4.38. The van der Waals surface area contributed by atoms with Crippen LogP contribution in [0.2, 0.25) is 0 Å². The predicted molar refractivity (Wildman–Crippen MR) is 123 cm³/mol. The monoisotopic (exact) mass is 469 g/mol. The van der Waals surface area contributed by atoms with E-state index in [9.17, 15) is 19.2 Å². The molecule has 1 aliphatic heterocycles. The van der Waals surface area contributed by atoms with Crippen molar-refractivity contribution in [2.75, 3.05) is 18.6 Å². The zero-order valence-corrected chi connectivity index (χ0v) is 19.1. The number of methoxy groups -OCH3 is 1. The van der Waals surface area contributed by atoms with Gasteiger partial charge in [0.15, 0.2) is 5.92 Å². The summed E-state index contributed by atoms with van der Waals surface area (Å²) in [5.74, 6) is -2.84. The number of esters is 1. The van der Waals surface area contributed by atoms with Crippen LogP contribution in [0.3, 0.4) is 0 Å². The summed E-state index contributed by atoms with van der Waals surface area (Å²) in [6.07, 6.45) is 4.80. The summed E-state index contributed by atoms with van der Waals surface area (Å²) in [6.45, 7) is 1.96. The number of benzene rings is 1. The van der Waals surface area contributed by atoms with Crippen molar-refractivity contribution < 1.29 is 28.7 Å². The van der Waals surface area contributed by atoms with E-state index >= 15 is 0 Å². The van der Waals surface area contributed by atoms with Gasteiger partial charge in [0, 0.05) is 17.2 Å². The number of nitrogens with zero attached hydrogens (tertiary/aromatic N) is 2. The fourth-order valence-corrected chi connectivity index (χ4v) is 5.14. The van der Waals surface area contributed by atoms with Crippen molar-refractivity contribution >= 4 is 52.1 Å². The van der Waals surface area contributed by atoms with E-state index in [4.69, 9.17) is 9.47 Å². The molecule has 10 heteroatoms. The molecular formula is C23H23N3O6S. The number of ether oxygens (including phenoxy) is 2. The minimum Gasteiger partial charge on any atom is -0.497 e. The Balaban J connectivity index is 1.67. The van der Waals surface area contributed by atoms with Gasteiger partial charge in [0.2, 0.25) is 5.91 Å². The topological polar surface area (TPSA) is 114 Å². The molecule has 1 saturated heterocycles. The highest BCUT2D eigenvalue weighted by atomic mass is 32.1. The zero-order valence-electron chi connectivity index (χ0n) is 18.3. The van der Waals surface area contributed by atoms with Crippen molar-refractivity contribution in [3.05, 3.63) is 40.3 Å². The van der Waals surface area contributed by atoms with Crippen LogP contribution in [0.5, 0.6) is 5.75 Å². The van der Waals surface area contributed by atoms with Gasteiger partial charge in [0.05, 0.1) is 25.0 Å². The van der Waals surface area contributed by atoms with Gasteiger partial charge < -0.3 is 9.47 Å². The molecule has 0 bridgehead atoms. The maximum absolute atomic E-state index is 13.1. The highest BCUT2D eigenvalue weighted by molar-refractivity contribution is 7.16. The first-order valence-corrected chi connectivity index (χ1v) is 11.4. The number of urea groups is 1. The number of aryl methyl sites for hydroxylation is 1. The molecule has 2 heterocycles. The molecule has 33 heavy (non-hydrogen) atoms. The summed E-state index contributed by atoms with van der Waals surface area (Å²) < 4.78 is 10.4. The Morgan fingerprint density at radius 2 is 2.06 bits per heavy atom. The lowest BCUT2D eigenvalue weighted by Crippen LogP contribution is -2.58. The van der Waals surface area contributed by atoms with Gasteiger partial charge in [-0.15, -0.1) is 11.3 Å². The molecule has 1 fully saturated rings. The van der Waals surface area contributed by atoms with Gasteiger partial charge in [0.25, 0.3) is 5.91 Å². The van der Waals surface area contributed by atoms with Crippen LogP contribution < -0.4 is 15.0 Å². The Labute approximate surface area is 194 Å². The first-order chi connectivity index (χ1) is 15.9. The Morgan fingerprint density at radius 3 is 2.82 bits per heavy atom. The fraction of sp³-hybridized carbons (Fsp3) is 0.348. The van der Waals surface area contributed by atoms with E-state index in [2.05, 4.69) is 10.3 Å². The van der Waals surface area contributed by atoms with E-state index in [1.807, 2.05) is 0 Å². The highest BCUT2D eigenvalue weighted by Crippen LogP contribution is 2.40. The number of anilines is 1. The average molecular weight is 470 g/mol. The van der Waals surface area contributed by atoms with Crippen molar-refractivity contribution in [1.82, 2.24) is 5.32 Å². The number of rotatable bonds is 6. The van der Waals surface area contributed by atoms with E-state index in [1.54, 1.807) is 25.1 Å².